The number of nitrogens with zero attached hydrogens (tertiary/aromatic N) is 2. The number of nitrogens with two attached hydrogens (primary N) is 2. The first-order valence-electron chi connectivity index (χ1n) is 8.11. The van der Waals surface area contributed by atoms with Gasteiger partial charge in [0.1, 0.15) is 11.2 Å². The number of amides is 2. The average molecular weight is 366 g/mol. The summed E-state index contributed by atoms with van der Waals surface area (Å²) in [7, 11) is 0. The first kappa shape index (κ1) is 18.1. The molecule has 1 heterocycles. The third-order valence-electron chi connectivity index (χ3n) is 4.75. The van der Waals surface area contributed by atoms with Gasteiger partial charge in [-0.05, 0) is 25.7 Å². The van der Waals surface area contributed by atoms with Crippen molar-refractivity contribution >= 4 is 11.8 Å². The molecule has 2 amide bonds. The van der Waals surface area contributed by atoms with Gasteiger partial charge in [-0.1, -0.05) is 18.2 Å². The van der Waals surface area contributed by atoms with Crippen LogP contribution in [0.2, 0.25) is 0 Å². The number of carbonyl (C=O) groups excluding carboxylic acids is 2. The Bertz CT molecular complexity index is 845. The molecule has 9 heteroatoms. The Morgan fingerprint density at radius 1 is 1.12 bits per heavy atom. The van der Waals surface area contributed by atoms with Crippen molar-refractivity contribution in [3.63, 3.8) is 0 Å². The van der Waals surface area contributed by atoms with E-state index in [1.807, 2.05) is 0 Å². The molecule has 0 aliphatic heterocycles. The highest BCUT2D eigenvalue weighted by Crippen LogP contribution is 2.39. The van der Waals surface area contributed by atoms with E-state index in [0.717, 1.165) is 0 Å². The van der Waals surface area contributed by atoms with Crippen LogP contribution in [0, 0.1) is 0 Å². The number of hydrogen-bond acceptors (Lipinski definition) is 4. The molecule has 4 N–H and O–H groups in total. The van der Waals surface area contributed by atoms with E-state index in [1.54, 1.807) is 0 Å². The van der Waals surface area contributed by atoms with Gasteiger partial charge in [0, 0.05) is 23.3 Å². The third kappa shape index (κ3) is 2.97. The van der Waals surface area contributed by atoms with Gasteiger partial charge in [0.15, 0.2) is 5.69 Å². The minimum absolute atomic E-state index is 0.0672. The van der Waals surface area contributed by atoms with Crippen LogP contribution in [-0.4, -0.2) is 21.8 Å². The molecule has 2 aliphatic carbocycles. The van der Waals surface area contributed by atoms with Crippen molar-refractivity contribution in [1.29, 1.82) is 0 Å². The molecule has 6 nitrogen and oxygen atoms in total. The Morgan fingerprint density at radius 3 is 2.42 bits per heavy atom. The topological polar surface area (TPSA) is 112 Å². The summed E-state index contributed by atoms with van der Waals surface area (Å²) in [6.07, 6.45) is 1.05. The summed E-state index contributed by atoms with van der Waals surface area (Å²) < 4.78 is 40.6. The van der Waals surface area contributed by atoms with Crippen LogP contribution in [0.15, 0.2) is 23.8 Å². The predicted octanol–water partition coefficient (Wildman–Crippen LogP) is 1.47. The molecule has 0 aromatic carbocycles. The Morgan fingerprint density at radius 2 is 1.81 bits per heavy atom. The van der Waals surface area contributed by atoms with Gasteiger partial charge in [-0.15, -0.1) is 0 Å². The Labute approximate surface area is 147 Å². The van der Waals surface area contributed by atoms with Crippen molar-refractivity contribution in [3.05, 3.63) is 46.6 Å². The summed E-state index contributed by atoms with van der Waals surface area (Å²) in [5.41, 5.74) is 8.39. The predicted molar refractivity (Wildman–Crippen MR) is 85.6 cm³/mol. The molecule has 0 bridgehead atoms. The number of halogens is 3. The standard InChI is InChI=1S/C17H17F3N4O2/c18-17(19,20)12-10-5-1-2-6-11(10)23-15(24-12)16(14(22)26)7-3-4-9(8-16)13(21)25/h3-4,7H,1-2,5-6,8H2,(H2,21,25)(H2,22,26). The van der Waals surface area contributed by atoms with E-state index in [9.17, 15) is 22.8 Å². The Balaban J connectivity index is 2.21. The minimum atomic E-state index is -4.68. The van der Waals surface area contributed by atoms with Gasteiger partial charge >= 0.3 is 6.18 Å². The lowest BCUT2D eigenvalue weighted by molar-refractivity contribution is -0.142. The minimum Gasteiger partial charge on any atom is -0.369 e. The summed E-state index contributed by atoms with van der Waals surface area (Å²) in [6.45, 7) is 0. The fourth-order valence-corrected chi connectivity index (χ4v) is 3.38. The summed E-state index contributed by atoms with van der Waals surface area (Å²) in [5, 5.41) is 0. The van der Waals surface area contributed by atoms with Crippen molar-refractivity contribution in [1.82, 2.24) is 9.97 Å². The van der Waals surface area contributed by atoms with Crippen LogP contribution in [0.3, 0.4) is 0 Å². The van der Waals surface area contributed by atoms with Crippen LogP contribution < -0.4 is 11.5 Å². The molecule has 3 rings (SSSR count). The van der Waals surface area contributed by atoms with Gasteiger partial charge in [0.2, 0.25) is 11.8 Å². The monoisotopic (exact) mass is 366 g/mol. The van der Waals surface area contributed by atoms with E-state index in [2.05, 4.69) is 9.97 Å². The van der Waals surface area contributed by atoms with E-state index < -0.39 is 29.1 Å². The zero-order valence-corrected chi connectivity index (χ0v) is 13.8. The van der Waals surface area contributed by atoms with E-state index >= 15 is 0 Å². The summed E-state index contributed by atoms with van der Waals surface area (Å²) in [5.74, 6) is -2.07. The van der Waals surface area contributed by atoms with Gasteiger partial charge < -0.3 is 11.5 Å². The Hall–Kier alpha value is -2.71. The van der Waals surface area contributed by atoms with Crippen LogP contribution in [0.4, 0.5) is 13.2 Å². The van der Waals surface area contributed by atoms with Crippen LogP contribution >= 0.6 is 0 Å². The molecule has 1 aromatic heterocycles. The number of rotatable bonds is 3. The highest BCUT2D eigenvalue weighted by molar-refractivity contribution is 5.97. The maximum atomic E-state index is 13.5. The number of carbonyl (C=O) groups is 2. The van der Waals surface area contributed by atoms with Crippen molar-refractivity contribution in [3.8, 4) is 0 Å². The summed E-state index contributed by atoms with van der Waals surface area (Å²) in [6, 6.07) is 0. The van der Waals surface area contributed by atoms with E-state index in [-0.39, 0.29) is 35.5 Å². The molecule has 26 heavy (non-hydrogen) atoms. The lowest BCUT2D eigenvalue weighted by Gasteiger charge is -2.30. The zero-order chi connectivity index (χ0) is 19.1. The number of alkyl halides is 3. The van der Waals surface area contributed by atoms with Crippen molar-refractivity contribution in [2.24, 2.45) is 11.5 Å². The van der Waals surface area contributed by atoms with Crippen LogP contribution in [0.1, 0.15) is 42.0 Å². The number of fused-ring (bicyclic) bond motifs is 1. The maximum Gasteiger partial charge on any atom is 0.433 e. The molecular formula is C17H17F3N4O2. The molecule has 0 saturated carbocycles. The number of aromatic nitrogens is 2. The third-order valence-corrected chi connectivity index (χ3v) is 4.75. The van der Waals surface area contributed by atoms with Crippen molar-refractivity contribution in [2.75, 3.05) is 0 Å². The molecule has 1 aromatic rings. The molecule has 1 atom stereocenters. The maximum absolute atomic E-state index is 13.5. The second kappa shape index (κ2) is 6.22. The fraction of sp³-hybridized carbons (Fsp3) is 0.412. The average Bonchev–Trinajstić information content (AvgIpc) is 2.59. The van der Waals surface area contributed by atoms with Crippen LogP contribution in [0.25, 0.3) is 0 Å². The molecular weight excluding hydrogens is 349 g/mol. The van der Waals surface area contributed by atoms with Gasteiger partial charge in [0.25, 0.3) is 0 Å². The van der Waals surface area contributed by atoms with E-state index in [0.29, 0.717) is 19.3 Å². The van der Waals surface area contributed by atoms with Crippen molar-refractivity contribution < 1.29 is 22.8 Å². The van der Waals surface area contributed by atoms with Gasteiger partial charge in [-0.25, -0.2) is 9.97 Å². The molecule has 0 radical (unpaired) electrons. The lowest BCUT2D eigenvalue weighted by atomic mass is 9.76. The number of aryl methyl sites for hydroxylation is 1. The SMILES string of the molecule is NC(=O)C1=CC=CC(C(N)=O)(c2nc3c(c(C(F)(F)F)n2)CCCC3)C1. The normalized spacial score (nSPS) is 22.5. The zero-order valence-electron chi connectivity index (χ0n) is 13.8. The smallest absolute Gasteiger partial charge is 0.369 e. The summed E-state index contributed by atoms with van der Waals surface area (Å²) in [4.78, 5) is 31.7. The number of allylic oxidation sites excluding steroid dienone is 2. The lowest BCUT2D eigenvalue weighted by Crippen LogP contribution is -2.44. The van der Waals surface area contributed by atoms with Crippen LogP contribution in [0.5, 0.6) is 0 Å². The first-order valence-corrected chi connectivity index (χ1v) is 8.11. The van der Waals surface area contributed by atoms with E-state index in [1.165, 1.54) is 18.2 Å². The second-order valence-corrected chi connectivity index (χ2v) is 6.45. The highest BCUT2D eigenvalue weighted by atomic mass is 19.4. The molecule has 0 spiro atoms. The molecule has 2 aliphatic rings. The van der Waals surface area contributed by atoms with Crippen molar-refractivity contribution in [2.45, 2.75) is 43.7 Å². The van der Waals surface area contributed by atoms with Gasteiger partial charge in [-0.2, -0.15) is 13.2 Å². The molecule has 0 saturated heterocycles. The fourth-order valence-electron chi connectivity index (χ4n) is 3.38. The van der Waals surface area contributed by atoms with Crippen LogP contribution in [-0.2, 0) is 34.0 Å². The Kier molecular flexibility index (Phi) is 4.33. The summed E-state index contributed by atoms with van der Waals surface area (Å²) >= 11 is 0. The largest absolute Gasteiger partial charge is 0.433 e. The van der Waals surface area contributed by atoms with Gasteiger partial charge in [-0.3, -0.25) is 9.59 Å². The number of primary amides is 2. The number of hydrogen-bond donors (Lipinski definition) is 2. The molecule has 1 unspecified atom stereocenters. The molecule has 138 valence electrons. The molecule has 0 fully saturated rings. The first-order chi connectivity index (χ1) is 12.1. The highest BCUT2D eigenvalue weighted by Gasteiger charge is 2.45. The quantitative estimate of drug-likeness (QED) is 0.843. The van der Waals surface area contributed by atoms with Gasteiger partial charge in [0.05, 0.1) is 0 Å². The van der Waals surface area contributed by atoms with E-state index in [4.69, 9.17) is 11.5 Å². The second-order valence-electron chi connectivity index (χ2n) is 6.45.